The number of nitrogens with two attached hydrogens (primary N) is 1. The van der Waals surface area contributed by atoms with Gasteiger partial charge in [0, 0.05) is 19.8 Å². The largest absolute Gasteiger partial charge is 0.394 e. The highest BCUT2D eigenvalue weighted by atomic mass is 16.5. The molecule has 0 unspecified atom stereocenters. The monoisotopic (exact) mass is 251 g/mol. The van der Waals surface area contributed by atoms with Crippen molar-refractivity contribution in [3.8, 4) is 0 Å². The van der Waals surface area contributed by atoms with Gasteiger partial charge < -0.3 is 29.8 Å². The Morgan fingerprint density at radius 2 is 1.12 bits per heavy atom. The molecule has 0 aromatic carbocycles. The van der Waals surface area contributed by atoms with Crippen molar-refractivity contribution < 1.29 is 24.1 Å². The maximum Gasteiger partial charge on any atom is 0.0701 e. The maximum absolute atomic E-state index is 8.44. The second kappa shape index (κ2) is 15.8. The van der Waals surface area contributed by atoms with E-state index in [0.29, 0.717) is 59.4 Å². The van der Waals surface area contributed by atoms with Crippen LogP contribution in [0.1, 0.15) is 6.42 Å². The van der Waals surface area contributed by atoms with E-state index in [1.54, 1.807) is 0 Å². The van der Waals surface area contributed by atoms with Crippen molar-refractivity contribution >= 4 is 0 Å². The summed E-state index contributed by atoms with van der Waals surface area (Å²) in [6, 6.07) is 0. The molecule has 0 saturated heterocycles. The molecule has 0 radical (unpaired) electrons. The van der Waals surface area contributed by atoms with Gasteiger partial charge in [-0.1, -0.05) is 0 Å². The van der Waals surface area contributed by atoms with E-state index in [0.717, 1.165) is 6.42 Å². The molecule has 6 nitrogen and oxygen atoms in total. The average molecular weight is 251 g/mol. The van der Waals surface area contributed by atoms with E-state index in [-0.39, 0.29) is 6.61 Å². The van der Waals surface area contributed by atoms with E-state index in [2.05, 4.69) is 0 Å². The molecule has 0 saturated carbocycles. The Hall–Kier alpha value is -0.240. The summed E-state index contributed by atoms with van der Waals surface area (Å²) in [5.74, 6) is 0. The fraction of sp³-hybridized carbons (Fsp3) is 1.00. The third-order valence-electron chi connectivity index (χ3n) is 1.82. The van der Waals surface area contributed by atoms with Crippen LogP contribution >= 0.6 is 0 Å². The standard InChI is InChI=1S/C11H25NO5/c12-2-6-16-10-8-14-4-1-5-15-9-11-17-7-3-13/h13H,1-12H2. The number of ether oxygens (including phenoxy) is 4. The van der Waals surface area contributed by atoms with Gasteiger partial charge in [0.1, 0.15) is 0 Å². The SMILES string of the molecule is NCCOCCOCCCOCCOCCO. The molecule has 17 heavy (non-hydrogen) atoms. The van der Waals surface area contributed by atoms with Crippen LogP contribution in [0.3, 0.4) is 0 Å². The van der Waals surface area contributed by atoms with Crippen molar-refractivity contribution in [3.63, 3.8) is 0 Å². The molecule has 0 aromatic rings. The summed E-state index contributed by atoms with van der Waals surface area (Å²) in [5, 5.41) is 8.44. The van der Waals surface area contributed by atoms with E-state index in [1.165, 1.54) is 0 Å². The lowest BCUT2D eigenvalue weighted by Gasteiger charge is -2.06. The van der Waals surface area contributed by atoms with Crippen LogP contribution in [0, 0.1) is 0 Å². The zero-order valence-electron chi connectivity index (χ0n) is 10.4. The van der Waals surface area contributed by atoms with Crippen LogP contribution in [0.25, 0.3) is 0 Å². The molecular weight excluding hydrogens is 226 g/mol. The number of aliphatic hydroxyl groups is 1. The number of hydrogen-bond acceptors (Lipinski definition) is 6. The van der Waals surface area contributed by atoms with Crippen molar-refractivity contribution in [1.82, 2.24) is 0 Å². The highest BCUT2D eigenvalue weighted by molar-refractivity contribution is 4.37. The van der Waals surface area contributed by atoms with Crippen molar-refractivity contribution in [1.29, 1.82) is 0 Å². The summed E-state index contributed by atoms with van der Waals surface area (Å²) in [4.78, 5) is 0. The Morgan fingerprint density at radius 1 is 0.647 bits per heavy atom. The molecule has 0 bridgehead atoms. The maximum atomic E-state index is 8.44. The minimum absolute atomic E-state index is 0.0556. The molecule has 0 amide bonds. The molecule has 0 aliphatic carbocycles. The van der Waals surface area contributed by atoms with Crippen LogP contribution in [0.15, 0.2) is 0 Å². The Bertz CT molecular complexity index is 123. The van der Waals surface area contributed by atoms with E-state index >= 15 is 0 Å². The second-order valence-electron chi connectivity index (χ2n) is 3.32. The molecule has 0 rings (SSSR count). The fourth-order valence-electron chi connectivity index (χ4n) is 1.05. The topological polar surface area (TPSA) is 83.2 Å². The molecule has 0 heterocycles. The van der Waals surface area contributed by atoms with Gasteiger partial charge in [0.15, 0.2) is 0 Å². The zero-order chi connectivity index (χ0) is 12.6. The van der Waals surface area contributed by atoms with Crippen LogP contribution in [0.4, 0.5) is 0 Å². The molecule has 0 atom stereocenters. The first-order valence-corrected chi connectivity index (χ1v) is 6.03. The Morgan fingerprint density at radius 3 is 1.59 bits per heavy atom. The van der Waals surface area contributed by atoms with Crippen LogP contribution in [-0.4, -0.2) is 71.1 Å². The first kappa shape index (κ1) is 16.8. The molecule has 6 heteroatoms. The molecule has 0 fully saturated rings. The van der Waals surface area contributed by atoms with Crippen molar-refractivity contribution in [2.75, 3.05) is 66.0 Å². The second-order valence-corrected chi connectivity index (χ2v) is 3.32. The zero-order valence-corrected chi connectivity index (χ0v) is 10.4. The minimum Gasteiger partial charge on any atom is -0.394 e. The lowest BCUT2D eigenvalue weighted by atomic mass is 10.5. The summed E-state index contributed by atoms with van der Waals surface area (Å²) >= 11 is 0. The van der Waals surface area contributed by atoms with E-state index < -0.39 is 0 Å². The van der Waals surface area contributed by atoms with Crippen LogP contribution < -0.4 is 5.73 Å². The van der Waals surface area contributed by atoms with Gasteiger partial charge in [-0.25, -0.2) is 0 Å². The van der Waals surface area contributed by atoms with Gasteiger partial charge >= 0.3 is 0 Å². The molecule has 3 N–H and O–H groups in total. The molecule has 0 aliphatic rings. The first-order chi connectivity index (χ1) is 8.41. The average Bonchev–Trinajstić information content (AvgIpc) is 2.35. The van der Waals surface area contributed by atoms with Gasteiger partial charge in [-0.2, -0.15) is 0 Å². The Kier molecular flexibility index (Phi) is 15.5. The quantitative estimate of drug-likeness (QED) is 0.401. The summed E-state index contributed by atoms with van der Waals surface area (Å²) in [6.45, 7) is 5.15. The summed E-state index contributed by atoms with van der Waals surface area (Å²) < 4.78 is 20.8. The van der Waals surface area contributed by atoms with Crippen molar-refractivity contribution in [2.45, 2.75) is 6.42 Å². The lowest BCUT2D eigenvalue weighted by Crippen LogP contribution is -2.13. The molecule has 0 aliphatic heterocycles. The third-order valence-corrected chi connectivity index (χ3v) is 1.82. The predicted molar refractivity (Wildman–Crippen MR) is 64.0 cm³/mol. The third kappa shape index (κ3) is 15.8. The number of rotatable bonds is 14. The molecule has 104 valence electrons. The van der Waals surface area contributed by atoms with Crippen LogP contribution in [0.2, 0.25) is 0 Å². The van der Waals surface area contributed by atoms with Gasteiger partial charge in [-0.3, -0.25) is 0 Å². The molecule has 0 aromatic heterocycles. The Labute approximate surface area is 103 Å². The number of hydrogen-bond donors (Lipinski definition) is 2. The predicted octanol–water partition coefficient (Wildman–Crippen LogP) is -0.606. The van der Waals surface area contributed by atoms with Gasteiger partial charge in [0.05, 0.1) is 46.2 Å². The molecule has 0 spiro atoms. The van der Waals surface area contributed by atoms with Gasteiger partial charge in [-0.05, 0) is 6.42 Å². The van der Waals surface area contributed by atoms with E-state index in [9.17, 15) is 0 Å². The summed E-state index contributed by atoms with van der Waals surface area (Å²) in [6.07, 6.45) is 0.858. The highest BCUT2D eigenvalue weighted by Crippen LogP contribution is 1.86. The molecular formula is C11H25NO5. The van der Waals surface area contributed by atoms with Crippen LogP contribution in [0.5, 0.6) is 0 Å². The smallest absolute Gasteiger partial charge is 0.0701 e. The fourth-order valence-corrected chi connectivity index (χ4v) is 1.05. The van der Waals surface area contributed by atoms with Crippen LogP contribution in [-0.2, 0) is 18.9 Å². The summed E-state index contributed by atoms with van der Waals surface area (Å²) in [5.41, 5.74) is 5.26. The van der Waals surface area contributed by atoms with Crippen molar-refractivity contribution in [2.24, 2.45) is 5.73 Å². The normalized spacial score (nSPS) is 10.9. The number of aliphatic hydroxyl groups excluding tert-OH is 1. The lowest BCUT2D eigenvalue weighted by molar-refractivity contribution is 0.0168. The van der Waals surface area contributed by atoms with Gasteiger partial charge in [0.2, 0.25) is 0 Å². The summed E-state index contributed by atoms with van der Waals surface area (Å²) in [7, 11) is 0. The first-order valence-electron chi connectivity index (χ1n) is 6.03. The highest BCUT2D eigenvalue weighted by Gasteiger charge is 1.92. The van der Waals surface area contributed by atoms with Crippen molar-refractivity contribution in [3.05, 3.63) is 0 Å². The minimum atomic E-state index is 0.0556. The Balaban J connectivity index is 2.85. The van der Waals surface area contributed by atoms with Gasteiger partial charge in [-0.15, -0.1) is 0 Å². The van der Waals surface area contributed by atoms with E-state index in [4.69, 9.17) is 29.8 Å². The van der Waals surface area contributed by atoms with Gasteiger partial charge in [0.25, 0.3) is 0 Å². The van der Waals surface area contributed by atoms with E-state index in [1.807, 2.05) is 0 Å².